The molecule has 2 atom stereocenters. The summed E-state index contributed by atoms with van der Waals surface area (Å²) in [5, 5.41) is 11.9. The molecule has 1 rings (SSSR count). The lowest BCUT2D eigenvalue weighted by molar-refractivity contribution is -0.141. The van der Waals surface area contributed by atoms with Crippen molar-refractivity contribution < 1.29 is 14.3 Å². The van der Waals surface area contributed by atoms with Crippen LogP contribution in [0.15, 0.2) is 16.5 Å². The summed E-state index contributed by atoms with van der Waals surface area (Å²) in [6.07, 6.45) is 0. The summed E-state index contributed by atoms with van der Waals surface area (Å²) < 4.78 is 5.36. The van der Waals surface area contributed by atoms with Crippen LogP contribution in [0.1, 0.15) is 25.4 Å². The molecule has 0 aliphatic heterocycles. The maximum atomic E-state index is 10.7. The molecule has 4 nitrogen and oxygen atoms in total. The summed E-state index contributed by atoms with van der Waals surface area (Å²) in [6, 6.07) is 3.70. The van der Waals surface area contributed by atoms with Crippen molar-refractivity contribution in [2.45, 2.75) is 33.4 Å². The van der Waals surface area contributed by atoms with E-state index in [4.69, 9.17) is 9.52 Å². The first-order valence-electron chi connectivity index (χ1n) is 5.02. The third-order valence-electron chi connectivity index (χ3n) is 2.53. The predicted octanol–water partition coefficient (Wildman–Crippen LogP) is 1.79. The summed E-state index contributed by atoms with van der Waals surface area (Å²) in [7, 11) is 0. The number of carboxylic acids is 1. The fourth-order valence-corrected chi connectivity index (χ4v) is 1.23. The molecule has 0 amide bonds. The molecule has 15 heavy (non-hydrogen) atoms. The quantitative estimate of drug-likeness (QED) is 0.779. The van der Waals surface area contributed by atoms with E-state index in [1.54, 1.807) is 6.92 Å². The Morgan fingerprint density at radius 2 is 2.20 bits per heavy atom. The molecular formula is C11H17NO3. The van der Waals surface area contributed by atoms with E-state index in [9.17, 15) is 4.79 Å². The molecule has 0 aromatic carbocycles. The van der Waals surface area contributed by atoms with Gasteiger partial charge in [-0.3, -0.25) is 4.79 Å². The average Bonchev–Trinajstić information content (AvgIpc) is 2.59. The van der Waals surface area contributed by atoms with Gasteiger partial charge in [0.05, 0.1) is 12.5 Å². The van der Waals surface area contributed by atoms with Gasteiger partial charge in [0.15, 0.2) is 0 Å². The topological polar surface area (TPSA) is 62.5 Å². The fourth-order valence-electron chi connectivity index (χ4n) is 1.23. The zero-order chi connectivity index (χ0) is 11.4. The Labute approximate surface area is 89.3 Å². The van der Waals surface area contributed by atoms with Crippen molar-refractivity contribution in [2.75, 3.05) is 0 Å². The number of rotatable bonds is 5. The second-order valence-electron chi connectivity index (χ2n) is 3.81. The number of nitrogens with one attached hydrogen (secondary N) is 1. The molecule has 2 unspecified atom stereocenters. The number of furan rings is 1. The number of aliphatic carboxylic acids is 1. The van der Waals surface area contributed by atoms with E-state index in [0.717, 1.165) is 11.5 Å². The Hall–Kier alpha value is -1.29. The molecule has 1 aromatic heterocycles. The molecule has 1 heterocycles. The molecule has 0 aliphatic carbocycles. The minimum atomic E-state index is -0.786. The molecule has 0 fully saturated rings. The van der Waals surface area contributed by atoms with Crippen LogP contribution >= 0.6 is 0 Å². The molecule has 0 aliphatic rings. The zero-order valence-corrected chi connectivity index (χ0v) is 9.28. The molecule has 84 valence electrons. The van der Waals surface area contributed by atoms with Gasteiger partial charge < -0.3 is 14.8 Å². The highest BCUT2D eigenvalue weighted by Gasteiger charge is 2.18. The maximum Gasteiger partial charge on any atom is 0.307 e. The van der Waals surface area contributed by atoms with Crippen LogP contribution in [0.3, 0.4) is 0 Å². The van der Waals surface area contributed by atoms with Gasteiger partial charge in [-0.05, 0) is 26.0 Å². The number of aryl methyl sites for hydroxylation is 1. The van der Waals surface area contributed by atoms with Crippen LogP contribution in [-0.2, 0) is 11.3 Å². The molecule has 0 bridgehead atoms. The monoisotopic (exact) mass is 211 g/mol. The van der Waals surface area contributed by atoms with Crippen LogP contribution in [-0.4, -0.2) is 17.1 Å². The van der Waals surface area contributed by atoms with Crippen LogP contribution in [0.2, 0.25) is 0 Å². The minimum absolute atomic E-state index is 0.0760. The van der Waals surface area contributed by atoms with Crippen molar-refractivity contribution in [2.24, 2.45) is 5.92 Å². The molecular weight excluding hydrogens is 194 g/mol. The minimum Gasteiger partial charge on any atom is -0.481 e. The number of carboxylic acid groups (broad SMARTS) is 1. The molecule has 0 radical (unpaired) electrons. The number of hydrogen-bond acceptors (Lipinski definition) is 3. The SMILES string of the molecule is Cc1ccc(CNC(C)C(C)C(=O)O)o1. The lowest BCUT2D eigenvalue weighted by Gasteiger charge is -2.16. The van der Waals surface area contributed by atoms with E-state index in [-0.39, 0.29) is 6.04 Å². The molecule has 0 saturated heterocycles. The zero-order valence-electron chi connectivity index (χ0n) is 9.28. The first-order chi connectivity index (χ1) is 7.00. The standard InChI is InChI=1S/C11H17NO3/c1-7-4-5-10(15-7)6-12-9(3)8(2)11(13)14/h4-5,8-9,12H,6H2,1-3H3,(H,13,14). The average molecular weight is 211 g/mol. The van der Waals surface area contributed by atoms with E-state index >= 15 is 0 Å². The van der Waals surface area contributed by atoms with E-state index in [0.29, 0.717) is 6.54 Å². The van der Waals surface area contributed by atoms with Crippen LogP contribution < -0.4 is 5.32 Å². The second-order valence-corrected chi connectivity index (χ2v) is 3.81. The fraction of sp³-hybridized carbons (Fsp3) is 0.545. The van der Waals surface area contributed by atoms with E-state index < -0.39 is 11.9 Å². The van der Waals surface area contributed by atoms with Gasteiger partial charge in [0.2, 0.25) is 0 Å². The molecule has 2 N–H and O–H groups in total. The molecule has 1 aromatic rings. The Kier molecular flexibility index (Phi) is 3.91. The van der Waals surface area contributed by atoms with Gasteiger partial charge in [0, 0.05) is 6.04 Å². The maximum absolute atomic E-state index is 10.7. The summed E-state index contributed by atoms with van der Waals surface area (Å²) in [4.78, 5) is 10.7. The summed E-state index contributed by atoms with van der Waals surface area (Å²) in [5.74, 6) is 0.509. The van der Waals surface area contributed by atoms with Crippen molar-refractivity contribution in [3.63, 3.8) is 0 Å². The highest BCUT2D eigenvalue weighted by atomic mass is 16.4. The van der Waals surface area contributed by atoms with Crippen molar-refractivity contribution in [3.8, 4) is 0 Å². The normalized spacial score (nSPS) is 14.9. The highest BCUT2D eigenvalue weighted by Crippen LogP contribution is 2.08. The van der Waals surface area contributed by atoms with Gasteiger partial charge in [-0.25, -0.2) is 0 Å². The third-order valence-corrected chi connectivity index (χ3v) is 2.53. The van der Waals surface area contributed by atoms with Crippen LogP contribution in [0.4, 0.5) is 0 Å². The Balaban J connectivity index is 2.40. The second kappa shape index (κ2) is 4.98. The van der Waals surface area contributed by atoms with Gasteiger partial charge in [0.1, 0.15) is 11.5 Å². The van der Waals surface area contributed by atoms with Gasteiger partial charge in [-0.15, -0.1) is 0 Å². The van der Waals surface area contributed by atoms with Crippen molar-refractivity contribution >= 4 is 5.97 Å². The van der Waals surface area contributed by atoms with E-state index in [1.165, 1.54) is 0 Å². The van der Waals surface area contributed by atoms with Gasteiger partial charge in [0.25, 0.3) is 0 Å². The van der Waals surface area contributed by atoms with Crippen LogP contribution in [0, 0.1) is 12.8 Å². The van der Waals surface area contributed by atoms with Crippen molar-refractivity contribution in [3.05, 3.63) is 23.7 Å². The Bertz CT molecular complexity index is 332. The number of carbonyl (C=O) groups is 1. The molecule has 4 heteroatoms. The van der Waals surface area contributed by atoms with E-state index in [2.05, 4.69) is 5.32 Å². The van der Waals surface area contributed by atoms with Crippen LogP contribution in [0.5, 0.6) is 0 Å². The summed E-state index contributed by atoms with van der Waals surface area (Å²) in [6.45, 7) is 5.99. The summed E-state index contributed by atoms with van der Waals surface area (Å²) in [5.41, 5.74) is 0. The lowest BCUT2D eigenvalue weighted by atomic mass is 10.0. The van der Waals surface area contributed by atoms with Crippen LogP contribution in [0.25, 0.3) is 0 Å². The first-order valence-corrected chi connectivity index (χ1v) is 5.02. The van der Waals surface area contributed by atoms with Crippen molar-refractivity contribution in [1.29, 1.82) is 0 Å². The van der Waals surface area contributed by atoms with Gasteiger partial charge in [-0.1, -0.05) is 6.92 Å². The van der Waals surface area contributed by atoms with Crippen molar-refractivity contribution in [1.82, 2.24) is 5.32 Å². The Morgan fingerprint density at radius 3 is 2.67 bits per heavy atom. The van der Waals surface area contributed by atoms with E-state index in [1.807, 2.05) is 26.0 Å². The lowest BCUT2D eigenvalue weighted by Crippen LogP contribution is -2.35. The first kappa shape index (κ1) is 11.8. The summed E-state index contributed by atoms with van der Waals surface area (Å²) >= 11 is 0. The largest absolute Gasteiger partial charge is 0.481 e. The molecule has 0 spiro atoms. The Morgan fingerprint density at radius 1 is 1.53 bits per heavy atom. The predicted molar refractivity (Wildman–Crippen MR) is 56.5 cm³/mol. The third kappa shape index (κ3) is 3.40. The van der Waals surface area contributed by atoms with Gasteiger partial charge >= 0.3 is 5.97 Å². The van der Waals surface area contributed by atoms with Gasteiger partial charge in [-0.2, -0.15) is 0 Å². The highest BCUT2D eigenvalue weighted by molar-refractivity contribution is 5.70. The smallest absolute Gasteiger partial charge is 0.307 e. The molecule has 0 saturated carbocycles. The number of hydrogen-bond donors (Lipinski definition) is 2.